The lowest BCUT2D eigenvalue weighted by Gasteiger charge is -2.32. The molecular formula is C23H24F2N2O3. The molecule has 1 aliphatic heterocycles. The zero-order chi connectivity index (χ0) is 21.1. The van der Waals surface area contributed by atoms with Gasteiger partial charge in [-0.15, -0.1) is 0 Å². The van der Waals surface area contributed by atoms with Crippen molar-refractivity contribution in [2.75, 3.05) is 19.7 Å². The Morgan fingerprint density at radius 1 is 1.07 bits per heavy atom. The fourth-order valence-electron chi connectivity index (χ4n) is 3.63. The Morgan fingerprint density at radius 2 is 1.83 bits per heavy atom. The van der Waals surface area contributed by atoms with Crippen molar-refractivity contribution in [2.45, 2.75) is 31.7 Å². The van der Waals surface area contributed by atoms with Gasteiger partial charge in [0, 0.05) is 36.7 Å². The van der Waals surface area contributed by atoms with Crippen LogP contribution in [0, 0.1) is 17.6 Å². The lowest BCUT2D eigenvalue weighted by Crippen LogP contribution is -2.41. The van der Waals surface area contributed by atoms with E-state index in [1.807, 2.05) is 0 Å². The van der Waals surface area contributed by atoms with E-state index in [9.17, 15) is 18.4 Å². The maximum atomic E-state index is 13.9. The van der Waals surface area contributed by atoms with E-state index < -0.39 is 17.5 Å². The largest absolute Gasteiger partial charge is 0.493 e. The molecule has 5 nitrogen and oxygen atoms in total. The predicted octanol–water partition coefficient (Wildman–Crippen LogP) is 3.79. The molecule has 1 heterocycles. The minimum absolute atomic E-state index is 0.0708. The van der Waals surface area contributed by atoms with Crippen molar-refractivity contribution < 1.29 is 23.1 Å². The molecule has 1 aliphatic carbocycles. The van der Waals surface area contributed by atoms with Gasteiger partial charge in [0.25, 0.3) is 11.8 Å². The molecule has 2 fully saturated rings. The summed E-state index contributed by atoms with van der Waals surface area (Å²) in [5, 5.41) is 2.94. The van der Waals surface area contributed by atoms with E-state index in [0.717, 1.165) is 37.8 Å². The first-order chi connectivity index (χ1) is 14.5. The van der Waals surface area contributed by atoms with Crippen LogP contribution in [-0.4, -0.2) is 42.5 Å². The summed E-state index contributed by atoms with van der Waals surface area (Å²) in [5.74, 6) is -1.27. The smallest absolute Gasteiger partial charge is 0.256 e. The second-order valence-corrected chi connectivity index (χ2v) is 7.97. The number of nitrogens with one attached hydrogen (secondary N) is 1. The number of benzene rings is 2. The standard InChI is InChI=1S/C23H24F2N2O3/c24-17-5-10-20(21(25)12-17)23(29)27-11-1-2-15(13-27)14-30-19-8-3-16(4-9-19)22(28)26-18-6-7-18/h3-5,8-10,12,15,18H,1-2,6-7,11,13-14H2,(H,26,28). The first kappa shape index (κ1) is 20.3. The Bertz CT molecular complexity index is 929. The van der Waals surface area contributed by atoms with E-state index in [0.29, 0.717) is 37.1 Å². The molecule has 2 amide bonds. The molecule has 2 aromatic carbocycles. The van der Waals surface area contributed by atoms with Crippen molar-refractivity contribution in [3.05, 3.63) is 65.2 Å². The van der Waals surface area contributed by atoms with E-state index in [-0.39, 0.29) is 17.4 Å². The number of rotatable bonds is 6. The number of halogens is 2. The van der Waals surface area contributed by atoms with Gasteiger partial charge in [-0.05, 0) is 62.1 Å². The van der Waals surface area contributed by atoms with Gasteiger partial charge in [-0.3, -0.25) is 9.59 Å². The van der Waals surface area contributed by atoms with Crippen molar-refractivity contribution in [2.24, 2.45) is 5.92 Å². The third-order valence-electron chi connectivity index (χ3n) is 5.48. The SMILES string of the molecule is O=C(NC1CC1)c1ccc(OCC2CCCN(C(=O)c3ccc(F)cc3F)C2)cc1. The number of nitrogens with zero attached hydrogens (tertiary/aromatic N) is 1. The van der Waals surface area contributed by atoms with Crippen LogP contribution in [0.25, 0.3) is 0 Å². The maximum Gasteiger partial charge on any atom is 0.256 e. The van der Waals surface area contributed by atoms with Crippen molar-refractivity contribution >= 4 is 11.8 Å². The Kier molecular flexibility index (Phi) is 5.97. The topological polar surface area (TPSA) is 58.6 Å². The first-order valence-corrected chi connectivity index (χ1v) is 10.3. The van der Waals surface area contributed by atoms with Gasteiger partial charge in [0.1, 0.15) is 17.4 Å². The van der Waals surface area contributed by atoms with E-state index in [4.69, 9.17) is 4.74 Å². The van der Waals surface area contributed by atoms with Crippen molar-refractivity contribution in [3.63, 3.8) is 0 Å². The van der Waals surface area contributed by atoms with Crippen LogP contribution in [0.4, 0.5) is 8.78 Å². The second-order valence-electron chi connectivity index (χ2n) is 7.97. The Hall–Kier alpha value is -2.96. The van der Waals surface area contributed by atoms with Crippen LogP contribution in [0.3, 0.4) is 0 Å². The van der Waals surface area contributed by atoms with Crippen LogP contribution in [0.5, 0.6) is 5.75 Å². The number of carbonyl (C=O) groups is 2. The minimum Gasteiger partial charge on any atom is -0.493 e. The van der Waals surface area contributed by atoms with Gasteiger partial charge in [-0.1, -0.05) is 0 Å². The zero-order valence-electron chi connectivity index (χ0n) is 16.6. The number of hydrogen-bond acceptors (Lipinski definition) is 3. The van der Waals surface area contributed by atoms with E-state index in [1.165, 1.54) is 6.07 Å². The highest BCUT2D eigenvalue weighted by Crippen LogP contribution is 2.23. The lowest BCUT2D eigenvalue weighted by atomic mass is 9.98. The Balaban J connectivity index is 1.30. The fraction of sp³-hybridized carbons (Fsp3) is 0.391. The van der Waals surface area contributed by atoms with Crippen LogP contribution in [0.2, 0.25) is 0 Å². The number of carbonyl (C=O) groups excluding carboxylic acids is 2. The molecule has 0 radical (unpaired) electrons. The summed E-state index contributed by atoms with van der Waals surface area (Å²) in [4.78, 5) is 26.2. The molecule has 0 aromatic heterocycles. The highest BCUT2D eigenvalue weighted by molar-refractivity contribution is 5.95. The lowest BCUT2D eigenvalue weighted by molar-refractivity contribution is 0.0628. The summed E-state index contributed by atoms with van der Waals surface area (Å²) in [5.41, 5.74) is 0.489. The molecule has 1 saturated carbocycles. The number of hydrogen-bond donors (Lipinski definition) is 1. The molecule has 7 heteroatoms. The van der Waals surface area contributed by atoms with Gasteiger partial charge < -0.3 is 15.0 Å². The van der Waals surface area contributed by atoms with Crippen LogP contribution < -0.4 is 10.1 Å². The highest BCUT2D eigenvalue weighted by atomic mass is 19.1. The van der Waals surface area contributed by atoms with Crippen molar-refractivity contribution in [3.8, 4) is 5.75 Å². The zero-order valence-corrected chi connectivity index (χ0v) is 16.6. The number of piperidine rings is 1. The second kappa shape index (κ2) is 8.81. The molecule has 4 rings (SSSR count). The average molecular weight is 414 g/mol. The molecular weight excluding hydrogens is 390 g/mol. The molecule has 30 heavy (non-hydrogen) atoms. The van der Waals surface area contributed by atoms with E-state index in [2.05, 4.69) is 5.32 Å². The van der Waals surface area contributed by atoms with Crippen molar-refractivity contribution in [1.82, 2.24) is 10.2 Å². The Morgan fingerprint density at radius 3 is 2.53 bits per heavy atom. The van der Waals surface area contributed by atoms with Crippen LogP contribution in [0.1, 0.15) is 46.4 Å². The summed E-state index contributed by atoms with van der Waals surface area (Å²) >= 11 is 0. The molecule has 1 atom stereocenters. The number of amides is 2. The number of ether oxygens (including phenoxy) is 1. The quantitative estimate of drug-likeness (QED) is 0.783. The third kappa shape index (κ3) is 4.96. The molecule has 0 spiro atoms. The van der Waals surface area contributed by atoms with Gasteiger partial charge in [0.2, 0.25) is 0 Å². The average Bonchev–Trinajstić information content (AvgIpc) is 3.56. The first-order valence-electron chi connectivity index (χ1n) is 10.3. The van der Waals surface area contributed by atoms with Crippen molar-refractivity contribution in [1.29, 1.82) is 0 Å². The molecule has 0 bridgehead atoms. The normalized spacial score (nSPS) is 18.7. The van der Waals surface area contributed by atoms with Crippen LogP contribution in [-0.2, 0) is 0 Å². The van der Waals surface area contributed by atoms with Gasteiger partial charge in [-0.2, -0.15) is 0 Å². The summed E-state index contributed by atoms with van der Waals surface area (Å²) < 4.78 is 32.9. The molecule has 1 unspecified atom stereocenters. The van der Waals surface area contributed by atoms with Gasteiger partial charge in [0.05, 0.1) is 12.2 Å². The summed E-state index contributed by atoms with van der Waals surface area (Å²) in [6.07, 6.45) is 3.78. The van der Waals surface area contributed by atoms with E-state index >= 15 is 0 Å². The molecule has 158 valence electrons. The van der Waals surface area contributed by atoms with Crippen LogP contribution in [0.15, 0.2) is 42.5 Å². The molecule has 1 N–H and O–H groups in total. The number of likely N-dealkylation sites (tertiary alicyclic amines) is 1. The minimum atomic E-state index is -0.843. The molecule has 2 aliphatic rings. The van der Waals surface area contributed by atoms with Gasteiger partial charge in [0.15, 0.2) is 0 Å². The monoisotopic (exact) mass is 414 g/mol. The summed E-state index contributed by atoms with van der Waals surface area (Å²) in [6.45, 7) is 1.41. The molecule has 2 aromatic rings. The molecule has 1 saturated heterocycles. The van der Waals surface area contributed by atoms with E-state index in [1.54, 1.807) is 29.2 Å². The van der Waals surface area contributed by atoms with Crippen LogP contribution >= 0.6 is 0 Å². The summed E-state index contributed by atoms with van der Waals surface area (Å²) in [7, 11) is 0. The highest BCUT2D eigenvalue weighted by Gasteiger charge is 2.27. The Labute approximate surface area is 174 Å². The fourth-order valence-corrected chi connectivity index (χ4v) is 3.63. The predicted molar refractivity (Wildman–Crippen MR) is 107 cm³/mol. The maximum absolute atomic E-state index is 13.9. The van der Waals surface area contributed by atoms with Gasteiger partial charge in [-0.25, -0.2) is 8.78 Å². The van der Waals surface area contributed by atoms with Gasteiger partial charge >= 0.3 is 0 Å². The third-order valence-corrected chi connectivity index (χ3v) is 5.48. The summed E-state index contributed by atoms with van der Waals surface area (Å²) in [6, 6.07) is 10.3.